The molecule has 1 aliphatic heterocycles. The van der Waals surface area contributed by atoms with Crippen LogP contribution < -0.4 is 5.56 Å². The molecule has 8 heteroatoms. The molecule has 0 unspecified atom stereocenters. The van der Waals surface area contributed by atoms with Gasteiger partial charge in [-0.15, -0.1) is 0 Å². The Kier molecular flexibility index (Phi) is 3.10. The van der Waals surface area contributed by atoms with Crippen LogP contribution in [-0.2, 0) is 5.33 Å². The molecule has 0 radical (unpaired) electrons. The number of carbonyl (C=O) groups excluding carboxylic acids is 1. The van der Waals surface area contributed by atoms with E-state index in [1.54, 1.807) is 12.1 Å². The van der Waals surface area contributed by atoms with Crippen molar-refractivity contribution < 1.29 is 9.72 Å². The van der Waals surface area contributed by atoms with Crippen molar-refractivity contribution in [1.82, 2.24) is 9.55 Å². The standard InChI is InChI=1S/C16H8BrN3O4/c17-7-8-1-3-12-10(5-8)16(22)19-13-4-2-9(20(23)24)6-11(13)14(21)15(19)18-12/h1-6H,7H2. The first kappa shape index (κ1) is 14.7. The molecule has 1 aromatic heterocycles. The van der Waals surface area contributed by atoms with Crippen molar-refractivity contribution >= 4 is 38.3 Å². The molecule has 4 rings (SSSR count). The van der Waals surface area contributed by atoms with Gasteiger partial charge in [-0.2, -0.15) is 0 Å². The van der Waals surface area contributed by atoms with Crippen molar-refractivity contribution in [3.63, 3.8) is 0 Å². The summed E-state index contributed by atoms with van der Waals surface area (Å²) < 4.78 is 1.22. The van der Waals surface area contributed by atoms with Gasteiger partial charge in [-0.05, 0) is 23.8 Å². The smallest absolute Gasteiger partial charge is 0.270 e. The van der Waals surface area contributed by atoms with Crippen LogP contribution in [0.15, 0.2) is 41.2 Å². The Bertz CT molecular complexity index is 1120. The predicted octanol–water partition coefficient (Wildman–Crippen LogP) is 2.73. The van der Waals surface area contributed by atoms with Crippen LogP contribution >= 0.6 is 15.9 Å². The van der Waals surface area contributed by atoms with Crippen LogP contribution in [0.1, 0.15) is 21.7 Å². The van der Waals surface area contributed by atoms with Crippen LogP contribution in [0.3, 0.4) is 0 Å². The maximum Gasteiger partial charge on any atom is 0.270 e. The summed E-state index contributed by atoms with van der Waals surface area (Å²) in [5, 5.41) is 11.9. The van der Waals surface area contributed by atoms with E-state index in [0.717, 1.165) is 5.56 Å². The van der Waals surface area contributed by atoms with Gasteiger partial charge in [0.15, 0.2) is 5.82 Å². The fourth-order valence-corrected chi connectivity index (χ4v) is 3.18. The van der Waals surface area contributed by atoms with Gasteiger partial charge >= 0.3 is 0 Å². The minimum absolute atomic E-state index is 0.0189. The number of alkyl halides is 1. The van der Waals surface area contributed by atoms with Gasteiger partial charge in [-0.3, -0.25) is 24.3 Å². The molecule has 0 spiro atoms. The topological polar surface area (TPSA) is 95.1 Å². The third kappa shape index (κ3) is 1.93. The largest absolute Gasteiger partial charge is 0.285 e. The lowest BCUT2D eigenvalue weighted by molar-refractivity contribution is -0.384. The summed E-state index contributed by atoms with van der Waals surface area (Å²) in [7, 11) is 0. The summed E-state index contributed by atoms with van der Waals surface area (Å²) in [5.74, 6) is -0.508. The fraction of sp³-hybridized carbons (Fsp3) is 0.0625. The van der Waals surface area contributed by atoms with Crippen molar-refractivity contribution in [3.05, 3.63) is 73.8 Å². The SMILES string of the molecule is O=C1c2cc([N+](=O)[O-])ccc2-n2c1nc1ccc(CBr)cc1c2=O. The highest BCUT2D eigenvalue weighted by Crippen LogP contribution is 2.29. The number of nitro benzene ring substituents is 1. The number of rotatable bonds is 2. The molecule has 118 valence electrons. The highest BCUT2D eigenvalue weighted by Gasteiger charge is 2.31. The van der Waals surface area contributed by atoms with E-state index in [0.29, 0.717) is 21.9 Å². The Labute approximate surface area is 142 Å². The Morgan fingerprint density at radius 2 is 1.96 bits per heavy atom. The van der Waals surface area contributed by atoms with E-state index in [2.05, 4.69) is 20.9 Å². The van der Waals surface area contributed by atoms with Crippen LogP contribution in [-0.4, -0.2) is 20.3 Å². The Morgan fingerprint density at radius 3 is 2.67 bits per heavy atom. The van der Waals surface area contributed by atoms with E-state index < -0.39 is 10.7 Å². The van der Waals surface area contributed by atoms with Gasteiger partial charge in [0.25, 0.3) is 11.2 Å². The molecular formula is C16H8BrN3O4. The predicted molar refractivity (Wildman–Crippen MR) is 90.1 cm³/mol. The summed E-state index contributed by atoms with van der Waals surface area (Å²) in [6.45, 7) is 0. The second-order valence-corrected chi connectivity index (χ2v) is 5.91. The number of non-ortho nitro benzene ring substituents is 1. The van der Waals surface area contributed by atoms with E-state index in [4.69, 9.17) is 0 Å². The maximum atomic E-state index is 12.8. The van der Waals surface area contributed by atoms with E-state index in [1.165, 1.54) is 22.8 Å². The van der Waals surface area contributed by atoms with E-state index in [-0.39, 0.29) is 22.6 Å². The number of nitrogens with zero attached hydrogens (tertiary/aromatic N) is 3. The second kappa shape index (κ2) is 5.07. The van der Waals surface area contributed by atoms with Crippen LogP contribution in [0.4, 0.5) is 5.69 Å². The number of hydrogen-bond acceptors (Lipinski definition) is 5. The number of ketones is 1. The molecule has 0 saturated heterocycles. The number of benzene rings is 2. The number of nitro groups is 1. The Balaban J connectivity index is 2.06. The van der Waals surface area contributed by atoms with Crippen LogP contribution in [0, 0.1) is 10.1 Å². The zero-order chi connectivity index (χ0) is 17.0. The van der Waals surface area contributed by atoms with Crippen LogP contribution in [0.25, 0.3) is 16.6 Å². The van der Waals surface area contributed by atoms with E-state index in [9.17, 15) is 19.7 Å². The highest BCUT2D eigenvalue weighted by atomic mass is 79.9. The van der Waals surface area contributed by atoms with Gasteiger partial charge < -0.3 is 0 Å². The maximum absolute atomic E-state index is 12.8. The molecule has 2 aromatic carbocycles. The van der Waals surface area contributed by atoms with Gasteiger partial charge in [0.05, 0.1) is 27.1 Å². The van der Waals surface area contributed by atoms with E-state index >= 15 is 0 Å². The molecule has 2 heterocycles. The summed E-state index contributed by atoms with van der Waals surface area (Å²) >= 11 is 3.34. The lowest BCUT2D eigenvalue weighted by Gasteiger charge is -2.06. The lowest BCUT2D eigenvalue weighted by Crippen LogP contribution is -2.21. The number of fused-ring (bicyclic) bond motifs is 4. The van der Waals surface area contributed by atoms with Gasteiger partial charge in [-0.1, -0.05) is 22.0 Å². The Morgan fingerprint density at radius 1 is 1.17 bits per heavy atom. The molecule has 0 bridgehead atoms. The molecule has 3 aromatic rings. The third-order valence-electron chi connectivity index (χ3n) is 3.97. The molecule has 24 heavy (non-hydrogen) atoms. The van der Waals surface area contributed by atoms with Gasteiger partial charge in [0.2, 0.25) is 5.78 Å². The quantitative estimate of drug-likeness (QED) is 0.300. The minimum Gasteiger partial charge on any atom is -0.285 e. The fourth-order valence-electron chi connectivity index (χ4n) is 2.83. The molecule has 0 saturated carbocycles. The molecular weight excluding hydrogens is 378 g/mol. The van der Waals surface area contributed by atoms with Crippen molar-refractivity contribution in [2.75, 3.05) is 0 Å². The molecule has 7 nitrogen and oxygen atoms in total. The lowest BCUT2D eigenvalue weighted by atomic mass is 10.1. The number of carbonyl (C=O) groups is 1. The molecule has 0 N–H and O–H groups in total. The minimum atomic E-state index is -0.578. The summed E-state index contributed by atoms with van der Waals surface area (Å²) in [6.07, 6.45) is 0. The average Bonchev–Trinajstić information content (AvgIpc) is 2.87. The number of aromatic nitrogens is 2. The molecule has 1 aliphatic rings. The zero-order valence-corrected chi connectivity index (χ0v) is 13.6. The van der Waals surface area contributed by atoms with E-state index in [1.807, 2.05) is 6.07 Å². The summed E-state index contributed by atoms with van der Waals surface area (Å²) in [4.78, 5) is 40.0. The molecule has 0 atom stereocenters. The average molecular weight is 386 g/mol. The van der Waals surface area contributed by atoms with Crippen molar-refractivity contribution in [1.29, 1.82) is 0 Å². The van der Waals surface area contributed by atoms with Crippen LogP contribution in [0.2, 0.25) is 0 Å². The van der Waals surface area contributed by atoms with Gasteiger partial charge in [0, 0.05) is 17.5 Å². The normalized spacial score (nSPS) is 12.3. The summed E-state index contributed by atoms with van der Waals surface area (Å²) in [6, 6.07) is 9.09. The summed E-state index contributed by atoms with van der Waals surface area (Å²) in [5.41, 5.74) is 1.21. The highest BCUT2D eigenvalue weighted by molar-refractivity contribution is 9.08. The number of halogens is 1. The van der Waals surface area contributed by atoms with Crippen LogP contribution in [0.5, 0.6) is 0 Å². The van der Waals surface area contributed by atoms with Crippen molar-refractivity contribution in [2.24, 2.45) is 0 Å². The first-order chi connectivity index (χ1) is 11.5. The molecule has 0 amide bonds. The second-order valence-electron chi connectivity index (χ2n) is 5.35. The monoisotopic (exact) mass is 385 g/mol. The zero-order valence-electron chi connectivity index (χ0n) is 12.0. The number of hydrogen-bond donors (Lipinski definition) is 0. The van der Waals surface area contributed by atoms with Gasteiger partial charge in [-0.25, -0.2) is 4.98 Å². The van der Waals surface area contributed by atoms with Gasteiger partial charge in [0.1, 0.15) is 0 Å². The first-order valence-electron chi connectivity index (χ1n) is 6.96. The molecule has 0 fully saturated rings. The Hall–Kier alpha value is -2.87. The third-order valence-corrected chi connectivity index (χ3v) is 4.61. The van der Waals surface area contributed by atoms with Crippen molar-refractivity contribution in [2.45, 2.75) is 5.33 Å². The van der Waals surface area contributed by atoms with Crippen molar-refractivity contribution in [3.8, 4) is 5.69 Å². The molecule has 0 aliphatic carbocycles. The first-order valence-corrected chi connectivity index (χ1v) is 8.08.